The first-order chi connectivity index (χ1) is 10.8. The molecule has 3 rings (SSSR count). The van der Waals surface area contributed by atoms with Crippen molar-refractivity contribution >= 4 is 20.0 Å². The van der Waals surface area contributed by atoms with Crippen LogP contribution in [-0.4, -0.2) is 26.3 Å². The molecule has 0 saturated carbocycles. The van der Waals surface area contributed by atoms with Crippen LogP contribution in [0.15, 0.2) is 53.4 Å². The van der Waals surface area contributed by atoms with Crippen LogP contribution in [0.25, 0.3) is 0 Å². The monoisotopic (exact) mass is 351 g/mol. The fourth-order valence-corrected chi connectivity index (χ4v) is 6.32. The second-order valence-electron chi connectivity index (χ2n) is 5.58. The van der Waals surface area contributed by atoms with Crippen LogP contribution < -0.4 is 0 Å². The minimum Gasteiger partial charge on any atom is -0.211 e. The Bertz CT molecular complexity index is 932. The Morgan fingerprint density at radius 2 is 1.57 bits per heavy atom. The Morgan fingerprint density at radius 3 is 2.22 bits per heavy atom. The lowest BCUT2D eigenvalue weighted by Crippen LogP contribution is -2.36. The van der Waals surface area contributed by atoms with Gasteiger partial charge in [0.15, 0.2) is 0 Å². The summed E-state index contributed by atoms with van der Waals surface area (Å²) in [5.74, 6) is -0.213. The molecule has 0 fully saturated rings. The highest BCUT2D eigenvalue weighted by molar-refractivity contribution is 8.04. The van der Waals surface area contributed by atoms with Crippen LogP contribution in [0.3, 0.4) is 0 Å². The molecule has 122 valence electrons. The first-order valence-corrected chi connectivity index (χ1v) is 10.2. The highest BCUT2D eigenvalue weighted by Crippen LogP contribution is 2.27. The third-order valence-corrected chi connectivity index (χ3v) is 8.22. The first kappa shape index (κ1) is 16.2. The maximum atomic E-state index is 12.8. The normalized spacial score (nSPS) is 18.1. The summed E-state index contributed by atoms with van der Waals surface area (Å²) in [4.78, 5) is -0.00828. The maximum Gasteiger partial charge on any atom is 0.256 e. The van der Waals surface area contributed by atoms with Crippen molar-refractivity contribution in [2.45, 2.75) is 24.8 Å². The molecule has 0 atom stereocenters. The zero-order valence-corrected chi connectivity index (χ0v) is 14.3. The Labute approximate surface area is 136 Å². The Morgan fingerprint density at radius 1 is 0.957 bits per heavy atom. The largest absolute Gasteiger partial charge is 0.256 e. The molecule has 0 unspecified atom stereocenters. The van der Waals surface area contributed by atoms with Crippen molar-refractivity contribution in [1.29, 1.82) is 0 Å². The van der Waals surface area contributed by atoms with Crippen LogP contribution in [0.2, 0.25) is 0 Å². The van der Waals surface area contributed by atoms with Gasteiger partial charge >= 0.3 is 0 Å². The summed E-state index contributed by atoms with van der Waals surface area (Å²) in [7, 11) is -8.01. The van der Waals surface area contributed by atoms with E-state index in [2.05, 4.69) is 0 Å². The fourth-order valence-electron chi connectivity index (χ4n) is 2.60. The third-order valence-electron chi connectivity index (χ3n) is 3.94. The molecule has 1 aliphatic heterocycles. The number of fused-ring (bicyclic) bond motifs is 1. The molecule has 0 aliphatic carbocycles. The maximum absolute atomic E-state index is 12.8. The van der Waals surface area contributed by atoms with Gasteiger partial charge in [-0.1, -0.05) is 45.7 Å². The van der Waals surface area contributed by atoms with Crippen LogP contribution in [-0.2, 0) is 33.0 Å². The first-order valence-electron chi connectivity index (χ1n) is 7.20. The van der Waals surface area contributed by atoms with E-state index in [1.54, 1.807) is 24.3 Å². The summed E-state index contributed by atoms with van der Waals surface area (Å²) in [5, 5.41) is 0. The number of sulfonamides is 2. The average Bonchev–Trinajstić information content (AvgIpc) is 2.65. The van der Waals surface area contributed by atoms with Crippen LogP contribution in [0, 0.1) is 6.92 Å². The van der Waals surface area contributed by atoms with E-state index in [0.29, 0.717) is 10.1 Å². The van der Waals surface area contributed by atoms with Crippen molar-refractivity contribution in [1.82, 2.24) is 3.71 Å². The Balaban J connectivity index is 2.10. The van der Waals surface area contributed by atoms with Gasteiger partial charge in [-0.05, 0) is 36.6 Å². The van der Waals surface area contributed by atoms with Gasteiger partial charge in [-0.3, -0.25) is 0 Å². The van der Waals surface area contributed by atoms with Gasteiger partial charge < -0.3 is 0 Å². The van der Waals surface area contributed by atoms with Crippen molar-refractivity contribution in [3.05, 3.63) is 65.2 Å². The molecule has 5 nitrogen and oxygen atoms in total. The van der Waals surface area contributed by atoms with E-state index in [1.165, 1.54) is 12.1 Å². The van der Waals surface area contributed by atoms with Crippen molar-refractivity contribution in [3.63, 3.8) is 0 Å². The summed E-state index contributed by atoms with van der Waals surface area (Å²) >= 11 is 0. The number of hydrogen-bond acceptors (Lipinski definition) is 4. The molecule has 23 heavy (non-hydrogen) atoms. The quantitative estimate of drug-likeness (QED) is 0.830. The standard InChI is InChI=1S/C16H17NO4S2/c1-13-6-8-16(9-7-13)23(20,21)17-12-15-5-3-2-4-14(15)10-11-22(17,18)19/h2-9H,10-12H2,1H3. The number of hydrogen-bond donors (Lipinski definition) is 0. The molecule has 2 aromatic carbocycles. The molecule has 1 aliphatic rings. The highest BCUT2D eigenvalue weighted by atomic mass is 32.3. The van der Waals surface area contributed by atoms with E-state index in [4.69, 9.17) is 0 Å². The molecule has 7 heteroatoms. The van der Waals surface area contributed by atoms with Crippen LogP contribution in [0.4, 0.5) is 0 Å². The summed E-state index contributed by atoms with van der Waals surface area (Å²) < 4.78 is 51.3. The number of nitrogens with zero attached hydrogens (tertiary/aromatic N) is 1. The Kier molecular flexibility index (Phi) is 4.03. The van der Waals surface area contributed by atoms with Gasteiger partial charge in [0.1, 0.15) is 0 Å². The molecule has 0 spiro atoms. The lowest BCUT2D eigenvalue weighted by molar-refractivity contribution is 0.497. The van der Waals surface area contributed by atoms with E-state index in [9.17, 15) is 16.8 Å². The molecule has 2 aromatic rings. The SMILES string of the molecule is Cc1ccc(S(=O)(=O)N2Cc3ccccc3CCS2(=O)=O)cc1. The molecular formula is C16H17NO4S2. The number of rotatable bonds is 2. The number of aryl methyl sites for hydroxylation is 2. The zero-order chi connectivity index (χ0) is 16.7. The molecule has 0 amide bonds. The second-order valence-corrected chi connectivity index (χ2v) is 9.69. The molecule has 1 heterocycles. The smallest absolute Gasteiger partial charge is 0.211 e. The molecule has 0 radical (unpaired) electrons. The van der Waals surface area contributed by atoms with E-state index < -0.39 is 20.0 Å². The van der Waals surface area contributed by atoms with E-state index >= 15 is 0 Å². The lowest BCUT2D eigenvalue weighted by Gasteiger charge is -2.20. The fraction of sp³-hybridized carbons (Fsp3) is 0.250. The van der Waals surface area contributed by atoms with Crippen LogP contribution >= 0.6 is 0 Å². The van der Waals surface area contributed by atoms with Crippen LogP contribution in [0.1, 0.15) is 16.7 Å². The number of benzene rings is 2. The highest BCUT2D eigenvalue weighted by Gasteiger charge is 2.37. The third kappa shape index (κ3) is 3.04. The predicted molar refractivity (Wildman–Crippen MR) is 87.8 cm³/mol. The van der Waals surface area contributed by atoms with Crippen molar-refractivity contribution in [2.75, 3.05) is 5.75 Å². The average molecular weight is 351 g/mol. The summed E-state index contributed by atoms with van der Waals surface area (Å²) in [6.07, 6.45) is 0.318. The second kappa shape index (κ2) is 5.74. The van der Waals surface area contributed by atoms with Gasteiger partial charge in [0.25, 0.3) is 10.0 Å². The van der Waals surface area contributed by atoms with Gasteiger partial charge in [-0.2, -0.15) is 0 Å². The molecular weight excluding hydrogens is 334 g/mol. The molecule has 0 saturated heterocycles. The molecule has 0 bridgehead atoms. The summed E-state index contributed by atoms with van der Waals surface area (Å²) in [6.45, 7) is 1.68. The van der Waals surface area contributed by atoms with Crippen molar-refractivity contribution in [2.24, 2.45) is 0 Å². The van der Waals surface area contributed by atoms with Gasteiger partial charge in [-0.25, -0.2) is 16.8 Å². The van der Waals surface area contributed by atoms with Gasteiger partial charge in [0, 0.05) is 0 Å². The van der Waals surface area contributed by atoms with E-state index in [-0.39, 0.29) is 17.2 Å². The summed E-state index contributed by atoms with van der Waals surface area (Å²) in [5.41, 5.74) is 2.51. The topological polar surface area (TPSA) is 71.5 Å². The van der Waals surface area contributed by atoms with E-state index in [0.717, 1.165) is 16.7 Å². The zero-order valence-electron chi connectivity index (χ0n) is 12.6. The van der Waals surface area contributed by atoms with E-state index in [1.807, 2.05) is 19.1 Å². The predicted octanol–water partition coefficient (Wildman–Crippen LogP) is 2.07. The molecule has 0 N–H and O–H groups in total. The van der Waals surface area contributed by atoms with Gasteiger partial charge in [0.2, 0.25) is 10.0 Å². The van der Waals surface area contributed by atoms with Crippen molar-refractivity contribution < 1.29 is 16.8 Å². The Hall–Kier alpha value is -1.70. The van der Waals surface area contributed by atoms with Gasteiger partial charge in [0.05, 0.1) is 17.2 Å². The van der Waals surface area contributed by atoms with Crippen LogP contribution in [0.5, 0.6) is 0 Å². The van der Waals surface area contributed by atoms with Crippen molar-refractivity contribution in [3.8, 4) is 0 Å². The minimum atomic E-state index is -4.11. The minimum absolute atomic E-state index is 0.00828. The summed E-state index contributed by atoms with van der Waals surface area (Å²) in [6, 6.07) is 13.4. The molecule has 0 aromatic heterocycles. The van der Waals surface area contributed by atoms with Gasteiger partial charge in [-0.15, -0.1) is 0 Å². The lowest BCUT2D eigenvalue weighted by atomic mass is 10.1.